The van der Waals surface area contributed by atoms with Crippen LogP contribution in [-0.4, -0.2) is 41.3 Å². The number of rotatable bonds is 8. The molecule has 0 aromatic carbocycles. The second-order valence-electron chi connectivity index (χ2n) is 3.71. The van der Waals surface area contributed by atoms with Crippen molar-refractivity contribution in [3.05, 3.63) is 16.4 Å². The molecule has 0 aliphatic rings. The van der Waals surface area contributed by atoms with Crippen LogP contribution < -0.4 is 5.32 Å². The van der Waals surface area contributed by atoms with Crippen molar-refractivity contribution in [3.8, 4) is 0 Å². The van der Waals surface area contributed by atoms with E-state index < -0.39 is 0 Å². The Hall–Kier alpha value is -0.620. The van der Waals surface area contributed by atoms with Gasteiger partial charge in [0.2, 0.25) is 0 Å². The zero-order valence-corrected chi connectivity index (χ0v) is 11.1. The van der Waals surface area contributed by atoms with Gasteiger partial charge in [0, 0.05) is 25.7 Å². The molecule has 0 saturated carbocycles. The summed E-state index contributed by atoms with van der Waals surface area (Å²) >= 11 is 6.15. The largest absolute Gasteiger partial charge is 0.394 e. The van der Waals surface area contributed by atoms with Gasteiger partial charge in [-0.15, -0.1) is 0 Å². The summed E-state index contributed by atoms with van der Waals surface area (Å²) < 4.78 is 6.84. The summed E-state index contributed by atoms with van der Waals surface area (Å²) in [6.07, 6.45) is 0.874. The summed E-state index contributed by atoms with van der Waals surface area (Å²) in [7, 11) is 1.84. The molecular weight excluding hydrogens is 242 g/mol. The van der Waals surface area contributed by atoms with Crippen molar-refractivity contribution in [2.24, 2.45) is 7.05 Å². The number of hydrogen-bond acceptors (Lipinski definition) is 4. The fourth-order valence-electron chi connectivity index (χ4n) is 1.58. The van der Waals surface area contributed by atoms with E-state index in [-0.39, 0.29) is 6.61 Å². The molecule has 0 saturated heterocycles. The molecule has 5 nitrogen and oxygen atoms in total. The number of halogens is 1. The smallest absolute Gasteiger partial charge is 0.131 e. The van der Waals surface area contributed by atoms with Crippen molar-refractivity contribution in [1.82, 2.24) is 15.1 Å². The van der Waals surface area contributed by atoms with Crippen LogP contribution in [0.4, 0.5) is 0 Å². The summed E-state index contributed by atoms with van der Waals surface area (Å²) in [6, 6.07) is 0. The van der Waals surface area contributed by atoms with Crippen LogP contribution in [0.2, 0.25) is 5.15 Å². The Kier molecular flexibility index (Phi) is 6.50. The second kappa shape index (κ2) is 7.66. The van der Waals surface area contributed by atoms with Crippen LogP contribution in [0.3, 0.4) is 0 Å². The molecule has 0 aliphatic carbocycles. The number of aromatic nitrogens is 2. The lowest BCUT2D eigenvalue weighted by Gasteiger charge is -2.05. The van der Waals surface area contributed by atoms with Gasteiger partial charge < -0.3 is 15.2 Å². The van der Waals surface area contributed by atoms with Crippen LogP contribution in [0.1, 0.15) is 18.2 Å². The maximum atomic E-state index is 8.53. The Labute approximate surface area is 107 Å². The molecule has 0 atom stereocenters. The highest BCUT2D eigenvalue weighted by Crippen LogP contribution is 2.19. The third kappa shape index (κ3) is 4.27. The third-order valence-electron chi connectivity index (χ3n) is 2.45. The average molecular weight is 262 g/mol. The van der Waals surface area contributed by atoms with Crippen LogP contribution >= 0.6 is 11.6 Å². The van der Waals surface area contributed by atoms with Gasteiger partial charge in [-0.2, -0.15) is 5.10 Å². The molecule has 1 aromatic heterocycles. The molecule has 0 amide bonds. The van der Waals surface area contributed by atoms with Gasteiger partial charge in [-0.3, -0.25) is 4.68 Å². The quantitative estimate of drug-likeness (QED) is 0.678. The van der Waals surface area contributed by atoms with E-state index in [2.05, 4.69) is 17.3 Å². The maximum absolute atomic E-state index is 8.53. The first-order valence-electron chi connectivity index (χ1n) is 5.80. The third-order valence-corrected chi connectivity index (χ3v) is 2.92. The van der Waals surface area contributed by atoms with Gasteiger partial charge in [-0.05, 0) is 6.42 Å². The molecule has 98 valence electrons. The van der Waals surface area contributed by atoms with Crippen molar-refractivity contribution < 1.29 is 9.84 Å². The Bertz CT molecular complexity index is 342. The van der Waals surface area contributed by atoms with Crippen LogP contribution in [0.5, 0.6) is 0 Å². The topological polar surface area (TPSA) is 59.3 Å². The SMILES string of the molecule is CCc1nn(C)c(Cl)c1CNCCOCCO. The Morgan fingerprint density at radius 3 is 2.88 bits per heavy atom. The fourth-order valence-corrected chi connectivity index (χ4v) is 1.80. The first kappa shape index (κ1) is 14.4. The summed E-state index contributed by atoms with van der Waals surface area (Å²) in [5.74, 6) is 0. The van der Waals surface area contributed by atoms with Crippen LogP contribution in [-0.2, 0) is 24.8 Å². The normalized spacial score (nSPS) is 11.1. The lowest BCUT2D eigenvalue weighted by atomic mass is 10.2. The van der Waals surface area contributed by atoms with Crippen molar-refractivity contribution in [2.75, 3.05) is 26.4 Å². The minimum atomic E-state index is 0.0639. The van der Waals surface area contributed by atoms with E-state index in [1.165, 1.54) is 0 Å². The van der Waals surface area contributed by atoms with Crippen molar-refractivity contribution in [2.45, 2.75) is 19.9 Å². The molecule has 0 bridgehead atoms. The van der Waals surface area contributed by atoms with E-state index in [9.17, 15) is 0 Å². The number of aliphatic hydroxyl groups excluding tert-OH is 1. The molecule has 0 fully saturated rings. The number of aliphatic hydroxyl groups is 1. The predicted molar refractivity (Wildman–Crippen MR) is 67.2 cm³/mol. The van der Waals surface area contributed by atoms with Gasteiger partial charge in [-0.1, -0.05) is 18.5 Å². The lowest BCUT2D eigenvalue weighted by Crippen LogP contribution is -2.20. The summed E-state index contributed by atoms with van der Waals surface area (Å²) in [5.41, 5.74) is 2.08. The van der Waals surface area contributed by atoms with E-state index in [4.69, 9.17) is 21.4 Å². The number of aryl methyl sites for hydroxylation is 2. The van der Waals surface area contributed by atoms with Gasteiger partial charge in [0.25, 0.3) is 0 Å². The minimum absolute atomic E-state index is 0.0639. The van der Waals surface area contributed by atoms with E-state index in [1.54, 1.807) is 4.68 Å². The van der Waals surface area contributed by atoms with Crippen molar-refractivity contribution in [3.63, 3.8) is 0 Å². The summed E-state index contributed by atoms with van der Waals surface area (Å²) in [4.78, 5) is 0. The van der Waals surface area contributed by atoms with Crippen LogP contribution in [0.15, 0.2) is 0 Å². The zero-order chi connectivity index (χ0) is 12.7. The van der Waals surface area contributed by atoms with Crippen molar-refractivity contribution >= 4 is 11.6 Å². The van der Waals surface area contributed by atoms with Gasteiger partial charge >= 0.3 is 0 Å². The summed E-state index contributed by atoms with van der Waals surface area (Å²) in [5, 5.41) is 16.8. The standard InChI is InChI=1S/C11H20ClN3O2/c1-3-10-9(11(12)15(2)14-10)8-13-4-6-17-7-5-16/h13,16H,3-8H2,1-2H3. The van der Waals surface area contributed by atoms with Gasteiger partial charge in [0.05, 0.1) is 25.5 Å². The highest BCUT2D eigenvalue weighted by Gasteiger charge is 2.12. The van der Waals surface area contributed by atoms with E-state index in [1.807, 2.05) is 7.05 Å². The predicted octanol–water partition coefficient (Wildman–Crippen LogP) is 0.734. The van der Waals surface area contributed by atoms with Crippen molar-refractivity contribution in [1.29, 1.82) is 0 Å². The molecule has 0 unspecified atom stereocenters. The van der Waals surface area contributed by atoms with E-state index >= 15 is 0 Å². The molecule has 0 radical (unpaired) electrons. The number of nitrogens with one attached hydrogen (secondary N) is 1. The highest BCUT2D eigenvalue weighted by molar-refractivity contribution is 6.30. The molecule has 1 heterocycles. The van der Waals surface area contributed by atoms with Gasteiger partial charge in [0.1, 0.15) is 5.15 Å². The van der Waals surface area contributed by atoms with Crippen LogP contribution in [0.25, 0.3) is 0 Å². The Balaban J connectivity index is 2.35. The number of hydrogen-bond donors (Lipinski definition) is 2. The molecule has 0 spiro atoms. The second-order valence-corrected chi connectivity index (χ2v) is 4.06. The fraction of sp³-hybridized carbons (Fsp3) is 0.727. The number of ether oxygens (including phenoxy) is 1. The molecular formula is C11H20ClN3O2. The molecule has 2 N–H and O–H groups in total. The Morgan fingerprint density at radius 2 is 2.24 bits per heavy atom. The molecule has 6 heteroatoms. The van der Waals surface area contributed by atoms with Crippen LogP contribution in [0, 0.1) is 0 Å². The van der Waals surface area contributed by atoms with Gasteiger partial charge in [-0.25, -0.2) is 0 Å². The molecule has 17 heavy (non-hydrogen) atoms. The molecule has 0 aliphatic heterocycles. The number of nitrogens with zero attached hydrogens (tertiary/aromatic N) is 2. The first-order chi connectivity index (χ1) is 8.20. The van der Waals surface area contributed by atoms with Gasteiger partial charge in [0.15, 0.2) is 0 Å². The molecule has 1 rings (SSSR count). The van der Waals surface area contributed by atoms with E-state index in [0.717, 1.165) is 24.2 Å². The molecule has 1 aromatic rings. The zero-order valence-electron chi connectivity index (χ0n) is 10.4. The monoisotopic (exact) mass is 261 g/mol. The average Bonchev–Trinajstić information content (AvgIpc) is 2.60. The summed E-state index contributed by atoms with van der Waals surface area (Å²) in [6.45, 7) is 4.52. The minimum Gasteiger partial charge on any atom is -0.394 e. The van der Waals surface area contributed by atoms with E-state index in [0.29, 0.717) is 24.9 Å². The Morgan fingerprint density at radius 1 is 1.47 bits per heavy atom. The lowest BCUT2D eigenvalue weighted by molar-refractivity contribution is 0.0938. The highest BCUT2D eigenvalue weighted by atomic mass is 35.5. The first-order valence-corrected chi connectivity index (χ1v) is 6.18. The maximum Gasteiger partial charge on any atom is 0.131 e.